The van der Waals surface area contributed by atoms with Crippen LogP contribution in [0.1, 0.15) is 178 Å². The van der Waals surface area contributed by atoms with E-state index >= 15 is 4.57 Å². The van der Waals surface area contributed by atoms with E-state index in [9.17, 15) is 0 Å². The van der Waals surface area contributed by atoms with Crippen molar-refractivity contribution in [1.82, 2.24) is 0 Å². The molecular formula is C39H90O4P4. The minimum absolute atomic E-state index is 1.04. The summed E-state index contributed by atoms with van der Waals surface area (Å²) in [6, 6.07) is 0. The first kappa shape index (κ1) is 48.4. The minimum atomic E-state index is -3.97. The van der Waals surface area contributed by atoms with Gasteiger partial charge in [-0.25, -0.2) is 0 Å². The second-order valence-electron chi connectivity index (χ2n) is 17.0. The van der Waals surface area contributed by atoms with Gasteiger partial charge < -0.3 is 0 Å². The fraction of sp³-hybridized carbons (Fsp3) is 1.00. The number of unbranched alkanes of at least 4 members (excludes halogenated alkanes) is 9. The van der Waals surface area contributed by atoms with E-state index in [1.807, 2.05) is 0 Å². The molecule has 47 heavy (non-hydrogen) atoms. The maximum atomic E-state index is 16.6. The molecule has 0 spiro atoms. The van der Waals surface area contributed by atoms with Gasteiger partial charge in [-0.2, -0.15) is 0 Å². The molecule has 4 nitrogen and oxygen atoms in total. The van der Waals surface area contributed by atoms with Crippen LogP contribution >= 0.6 is 28.3 Å². The second-order valence-corrected chi connectivity index (χ2v) is 37.0. The third kappa shape index (κ3) is 16.7. The van der Waals surface area contributed by atoms with E-state index in [4.69, 9.17) is 12.9 Å². The zero-order valence-electron chi connectivity index (χ0n) is 34.5. The molecule has 0 unspecified atom stereocenters. The average Bonchev–Trinajstić information content (AvgIpc) is 3.04. The summed E-state index contributed by atoms with van der Waals surface area (Å²) in [5.74, 6) is 0. The van der Waals surface area contributed by atoms with Crippen LogP contribution in [-0.2, 0) is 17.5 Å². The van der Waals surface area contributed by atoms with Crippen molar-refractivity contribution >= 4 is 28.3 Å². The summed E-state index contributed by atoms with van der Waals surface area (Å²) in [6.45, 7) is 19.3. The van der Waals surface area contributed by atoms with E-state index in [0.717, 1.165) is 171 Å². The van der Waals surface area contributed by atoms with Crippen molar-refractivity contribution in [3.63, 3.8) is 0 Å². The molecule has 0 saturated carbocycles. The van der Waals surface area contributed by atoms with Gasteiger partial charge in [0.15, 0.2) is 0 Å². The Labute approximate surface area is 298 Å². The Morgan fingerprint density at radius 1 is 0.319 bits per heavy atom. The summed E-state index contributed by atoms with van der Waals surface area (Å²) in [4.78, 5) is 0. The average molecular weight is 747 g/mol. The third-order valence-electron chi connectivity index (χ3n) is 11.3. The summed E-state index contributed by atoms with van der Waals surface area (Å²) in [6.07, 6.45) is 29.6. The van der Waals surface area contributed by atoms with Crippen molar-refractivity contribution in [3.8, 4) is 0 Å². The van der Waals surface area contributed by atoms with Gasteiger partial charge in [0.1, 0.15) is 0 Å². The number of hydrogen-bond donors (Lipinski definition) is 0. The van der Waals surface area contributed by atoms with Gasteiger partial charge in [-0.3, -0.25) is 0 Å². The summed E-state index contributed by atoms with van der Waals surface area (Å²) < 4.78 is 39.8. The fourth-order valence-electron chi connectivity index (χ4n) is 7.79. The van der Waals surface area contributed by atoms with Gasteiger partial charge in [-0.1, -0.05) is 0 Å². The number of phosphoric acid groups is 1. The van der Waals surface area contributed by atoms with Crippen LogP contribution in [0.4, 0.5) is 0 Å². The van der Waals surface area contributed by atoms with E-state index in [0.29, 0.717) is 0 Å². The first-order chi connectivity index (χ1) is 22.1. The van der Waals surface area contributed by atoms with Crippen LogP contribution in [0.3, 0.4) is 0 Å². The Balaban J connectivity index is 7.93. The summed E-state index contributed by atoms with van der Waals surface area (Å²) >= 11 is 0. The van der Waals surface area contributed by atoms with Crippen molar-refractivity contribution in [2.24, 2.45) is 0 Å². The van der Waals surface area contributed by atoms with E-state index in [-0.39, 0.29) is 0 Å². The molecule has 0 fully saturated rings. The van der Waals surface area contributed by atoms with Crippen LogP contribution in [0, 0.1) is 0 Å². The van der Waals surface area contributed by atoms with Crippen molar-refractivity contribution in [2.45, 2.75) is 178 Å². The number of hydrogen-bond acceptors (Lipinski definition) is 4. The van der Waals surface area contributed by atoms with Gasteiger partial charge in [0.2, 0.25) is 0 Å². The molecule has 0 aromatic carbocycles. The van der Waals surface area contributed by atoms with Gasteiger partial charge in [0.25, 0.3) is 0 Å². The Morgan fingerprint density at radius 2 is 0.447 bits per heavy atom. The van der Waals surface area contributed by atoms with E-state index < -0.39 is 28.3 Å². The van der Waals surface area contributed by atoms with Crippen molar-refractivity contribution in [1.29, 1.82) is 0 Å². The van der Waals surface area contributed by atoms with Crippen LogP contribution in [0.2, 0.25) is 0 Å². The van der Waals surface area contributed by atoms with E-state index in [1.165, 1.54) is 0 Å². The Kier molecular flexibility index (Phi) is 23.1. The topological polar surface area (TPSA) is 44.8 Å². The molecule has 0 aromatic heterocycles. The van der Waals surface area contributed by atoms with Crippen molar-refractivity contribution < 1.29 is 17.5 Å². The van der Waals surface area contributed by atoms with Gasteiger partial charge in [0.05, 0.1) is 0 Å². The summed E-state index contributed by atoms with van der Waals surface area (Å²) in [7, 11) is -3.97. The molecule has 8 heteroatoms. The molecule has 0 rings (SSSR count). The normalized spacial score (nSPS) is 16.9. The van der Waals surface area contributed by atoms with Crippen LogP contribution < -0.4 is 0 Å². The monoisotopic (exact) mass is 747 g/mol. The second kappa shape index (κ2) is 22.5. The van der Waals surface area contributed by atoms with E-state index in [2.05, 4.69) is 82.3 Å². The first-order valence-electron chi connectivity index (χ1n) is 20.8. The van der Waals surface area contributed by atoms with Crippen molar-refractivity contribution in [2.75, 3.05) is 75.5 Å². The van der Waals surface area contributed by atoms with Gasteiger partial charge >= 0.3 is 299 Å². The molecule has 0 N–H and O–H groups in total. The molecule has 0 atom stereocenters. The predicted molar refractivity (Wildman–Crippen MR) is 227 cm³/mol. The molecular weight excluding hydrogens is 656 g/mol. The van der Waals surface area contributed by atoms with Gasteiger partial charge in [-0.15, -0.1) is 0 Å². The molecule has 0 saturated heterocycles. The molecule has 0 aromatic rings. The zero-order chi connectivity index (χ0) is 36.1. The fourth-order valence-corrected chi connectivity index (χ4v) is 32.3. The van der Waals surface area contributed by atoms with Gasteiger partial charge in [0, 0.05) is 0 Å². The van der Waals surface area contributed by atoms with Gasteiger partial charge in [-0.05, 0) is 0 Å². The summed E-state index contributed by atoms with van der Waals surface area (Å²) in [5.41, 5.74) is 0. The molecule has 0 aliphatic carbocycles. The van der Waals surface area contributed by atoms with Crippen LogP contribution in [-0.4, -0.2) is 75.5 Å². The third-order valence-corrected chi connectivity index (χ3v) is 34.1. The SMILES string of the molecule is CCCCP(C)(CCCC)(CCCC)OP(=O)(OP(C)(CCCC)(CCCC)CCCC)OP(C)(CCCC)(CCCC)CCCC. The number of rotatable bonds is 33. The molecule has 0 heterocycles. The Bertz CT molecular complexity index is 696. The molecule has 0 aliphatic rings. The predicted octanol–water partition coefficient (Wildman–Crippen LogP) is 15.6. The standard InChI is InChI=1S/C39H90O4P4/c1-13-22-31-45(10,32-23-14-2,33-24-15-3)41-44(40,42-46(11,34-25-16-4,35-26-17-5)36-27-18-6)43-47(12,37-28-19-7,38-29-20-8)39-30-21-9/h13-39H2,1-12H3. The van der Waals surface area contributed by atoms with Crippen LogP contribution in [0.25, 0.3) is 0 Å². The zero-order valence-corrected chi connectivity index (χ0v) is 38.1. The summed E-state index contributed by atoms with van der Waals surface area (Å²) in [5, 5.41) is 0. The Hall–Kier alpha value is 1.40. The molecule has 290 valence electrons. The maximum absolute atomic E-state index is 16.6. The quantitative estimate of drug-likeness (QED) is 0.0627. The van der Waals surface area contributed by atoms with Crippen LogP contribution in [0.15, 0.2) is 0 Å². The van der Waals surface area contributed by atoms with Crippen LogP contribution in [0.5, 0.6) is 0 Å². The van der Waals surface area contributed by atoms with E-state index in [1.54, 1.807) is 0 Å². The molecule has 0 aliphatic heterocycles. The molecule has 0 radical (unpaired) electrons. The van der Waals surface area contributed by atoms with Crippen molar-refractivity contribution in [3.05, 3.63) is 0 Å². The molecule has 0 amide bonds. The first-order valence-corrected chi connectivity index (χ1v) is 31.8. The Morgan fingerprint density at radius 3 is 0.553 bits per heavy atom. The molecule has 0 bridgehead atoms.